The standard InChI is InChI=1S/C29H31F3N6O3/c30-29(31,32)41-22-7-5-21(6-8-22)40-19-20-3-2-10-38(17-20)26(39)18-36-11-13-37(14-12-36)25-16-35-28-27(25)23-4-1-9-33-24(23)15-34-28/h1,4-9,15-16,20H,2-3,10-14,17-19H2,(H,34,35). The van der Waals surface area contributed by atoms with E-state index in [0.29, 0.717) is 25.4 Å². The molecule has 5 heterocycles. The number of alkyl halides is 3. The minimum absolute atomic E-state index is 0.116. The molecular formula is C29H31F3N6O3. The highest BCUT2D eigenvalue weighted by molar-refractivity contribution is 6.10. The van der Waals surface area contributed by atoms with Crippen LogP contribution in [0.25, 0.3) is 21.9 Å². The molecule has 1 aromatic carbocycles. The zero-order chi connectivity index (χ0) is 28.4. The van der Waals surface area contributed by atoms with E-state index in [4.69, 9.17) is 4.74 Å². The van der Waals surface area contributed by atoms with Crippen LogP contribution in [0.1, 0.15) is 12.8 Å². The van der Waals surface area contributed by atoms with Crippen molar-refractivity contribution in [1.29, 1.82) is 0 Å². The molecule has 0 bridgehead atoms. The van der Waals surface area contributed by atoms with Crippen molar-refractivity contribution in [2.24, 2.45) is 5.92 Å². The molecule has 0 spiro atoms. The van der Waals surface area contributed by atoms with Gasteiger partial charge in [0, 0.05) is 63.0 Å². The molecule has 4 aromatic rings. The maximum atomic E-state index is 13.2. The normalized spacial score (nSPS) is 18.7. The van der Waals surface area contributed by atoms with Crippen molar-refractivity contribution in [3.63, 3.8) is 0 Å². The van der Waals surface area contributed by atoms with Crippen LogP contribution in [0.5, 0.6) is 11.5 Å². The summed E-state index contributed by atoms with van der Waals surface area (Å²) < 4.78 is 46.8. The summed E-state index contributed by atoms with van der Waals surface area (Å²) in [6.45, 7) is 5.28. The number of anilines is 1. The molecule has 1 amide bonds. The predicted molar refractivity (Wildman–Crippen MR) is 148 cm³/mol. The summed E-state index contributed by atoms with van der Waals surface area (Å²) in [5.41, 5.74) is 2.82. The van der Waals surface area contributed by atoms with Crippen LogP contribution in [0, 0.1) is 5.92 Å². The van der Waals surface area contributed by atoms with Crippen molar-refractivity contribution < 1.29 is 27.4 Å². The Morgan fingerprint density at radius 1 is 1.02 bits per heavy atom. The molecule has 12 heteroatoms. The Labute approximate surface area is 234 Å². The van der Waals surface area contributed by atoms with Crippen LogP contribution < -0.4 is 14.4 Å². The molecule has 41 heavy (non-hydrogen) atoms. The summed E-state index contributed by atoms with van der Waals surface area (Å²) in [5.74, 6) is 0.459. The van der Waals surface area contributed by atoms with Crippen LogP contribution in [0.2, 0.25) is 0 Å². The lowest BCUT2D eigenvalue weighted by molar-refractivity contribution is -0.274. The van der Waals surface area contributed by atoms with Crippen LogP contribution in [-0.2, 0) is 4.79 Å². The summed E-state index contributed by atoms with van der Waals surface area (Å²) in [5, 5.41) is 2.15. The number of aromatic amines is 1. The second-order valence-electron chi connectivity index (χ2n) is 10.5. The molecule has 2 fully saturated rings. The number of carbonyl (C=O) groups excluding carboxylic acids is 1. The minimum Gasteiger partial charge on any atom is -0.493 e. The van der Waals surface area contributed by atoms with Gasteiger partial charge in [0.15, 0.2) is 0 Å². The van der Waals surface area contributed by atoms with Crippen LogP contribution in [0.3, 0.4) is 0 Å². The van der Waals surface area contributed by atoms with Crippen molar-refractivity contribution in [3.8, 4) is 11.5 Å². The number of hydrogen-bond donors (Lipinski definition) is 1. The number of piperazine rings is 1. The number of pyridine rings is 2. The molecule has 2 aliphatic heterocycles. The van der Waals surface area contributed by atoms with E-state index < -0.39 is 6.36 Å². The number of nitrogens with zero attached hydrogens (tertiary/aromatic N) is 5. The zero-order valence-corrected chi connectivity index (χ0v) is 22.4. The van der Waals surface area contributed by atoms with Crippen molar-refractivity contribution in [2.75, 3.05) is 57.3 Å². The van der Waals surface area contributed by atoms with Gasteiger partial charge in [-0.25, -0.2) is 4.98 Å². The number of piperidine rings is 1. The number of halogens is 3. The number of hydrogen-bond acceptors (Lipinski definition) is 7. The number of nitrogens with one attached hydrogen (secondary N) is 1. The Hall–Kier alpha value is -4.06. The van der Waals surface area contributed by atoms with E-state index in [1.807, 2.05) is 17.2 Å². The van der Waals surface area contributed by atoms with Gasteiger partial charge in [0.05, 0.1) is 35.9 Å². The number of H-pyrrole nitrogens is 1. The van der Waals surface area contributed by atoms with Gasteiger partial charge in [0.2, 0.25) is 5.91 Å². The predicted octanol–water partition coefficient (Wildman–Crippen LogP) is 4.45. The quantitative estimate of drug-likeness (QED) is 0.353. The second kappa shape index (κ2) is 11.4. The SMILES string of the molecule is O=C(CN1CCN(c2c[nH]c3ncc4ncccc4c23)CC1)N1CCCC(COc2ccc(OC(F)(F)F)cc2)C1. The van der Waals surface area contributed by atoms with E-state index in [0.717, 1.165) is 73.2 Å². The Morgan fingerprint density at radius 3 is 2.59 bits per heavy atom. The Bertz CT molecular complexity index is 1500. The number of rotatable bonds is 7. The van der Waals surface area contributed by atoms with Crippen molar-refractivity contribution >= 4 is 33.5 Å². The van der Waals surface area contributed by atoms with Crippen molar-refractivity contribution in [3.05, 3.63) is 55.0 Å². The van der Waals surface area contributed by atoms with E-state index in [2.05, 4.69) is 35.6 Å². The number of benzene rings is 1. The Kier molecular flexibility index (Phi) is 7.57. The van der Waals surface area contributed by atoms with Gasteiger partial charge < -0.3 is 24.3 Å². The van der Waals surface area contributed by atoms with Gasteiger partial charge in [-0.05, 0) is 43.2 Å². The maximum Gasteiger partial charge on any atom is 0.573 e. The Balaban J connectivity index is 0.991. The fraction of sp³-hybridized carbons (Fsp3) is 0.414. The molecule has 1 atom stereocenters. The molecule has 6 rings (SSSR count). The third-order valence-corrected chi connectivity index (χ3v) is 7.75. The number of carbonyl (C=O) groups is 1. The van der Waals surface area contributed by atoms with E-state index >= 15 is 0 Å². The molecule has 2 saturated heterocycles. The number of fused-ring (bicyclic) bond motifs is 3. The van der Waals surface area contributed by atoms with E-state index in [1.165, 1.54) is 24.3 Å². The number of aromatic nitrogens is 3. The highest BCUT2D eigenvalue weighted by Gasteiger charge is 2.31. The second-order valence-corrected chi connectivity index (χ2v) is 10.5. The molecule has 1 unspecified atom stereocenters. The van der Waals surface area contributed by atoms with Crippen molar-refractivity contribution in [2.45, 2.75) is 19.2 Å². The minimum atomic E-state index is -4.73. The summed E-state index contributed by atoms with van der Waals surface area (Å²) in [4.78, 5) is 31.9. The summed E-state index contributed by atoms with van der Waals surface area (Å²) in [7, 11) is 0. The lowest BCUT2D eigenvalue weighted by atomic mass is 9.99. The lowest BCUT2D eigenvalue weighted by Crippen LogP contribution is -2.51. The van der Waals surface area contributed by atoms with E-state index in [9.17, 15) is 18.0 Å². The highest BCUT2D eigenvalue weighted by atomic mass is 19.4. The average Bonchev–Trinajstić information content (AvgIpc) is 3.41. The zero-order valence-electron chi connectivity index (χ0n) is 22.4. The maximum absolute atomic E-state index is 13.2. The van der Waals surface area contributed by atoms with Gasteiger partial charge in [0.1, 0.15) is 17.1 Å². The van der Waals surface area contributed by atoms with Gasteiger partial charge in [-0.3, -0.25) is 14.7 Å². The molecule has 2 aliphatic rings. The molecule has 3 aromatic heterocycles. The third kappa shape index (κ3) is 6.32. The van der Waals surface area contributed by atoms with Crippen molar-refractivity contribution in [1.82, 2.24) is 24.8 Å². The highest BCUT2D eigenvalue weighted by Crippen LogP contribution is 2.32. The monoisotopic (exact) mass is 568 g/mol. The van der Waals surface area contributed by atoms with Gasteiger partial charge in [-0.1, -0.05) is 6.07 Å². The van der Waals surface area contributed by atoms with E-state index in [-0.39, 0.29) is 17.6 Å². The molecule has 9 nitrogen and oxygen atoms in total. The van der Waals surface area contributed by atoms with Gasteiger partial charge in [-0.15, -0.1) is 13.2 Å². The van der Waals surface area contributed by atoms with Gasteiger partial charge in [0.25, 0.3) is 0 Å². The molecule has 1 N–H and O–H groups in total. The van der Waals surface area contributed by atoms with Gasteiger partial charge in [-0.2, -0.15) is 0 Å². The topological polar surface area (TPSA) is 86.8 Å². The summed E-state index contributed by atoms with van der Waals surface area (Å²) in [6, 6.07) is 9.38. The fourth-order valence-corrected chi connectivity index (χ4v) is 5.69. The molecule has 0 aliphatic carbocycles. The van der Waals surface area contributed by atoms with Crippen LogP contribution >= 0.6 is 0 Å². The fourth-order valence-electron chi connectivity index (χ4n) is 5.69. The number of ether oxygens (including phenoxy) is 2. The van der Waals surface area contributed by atoms with Gasteiger partial charge >= 0.3 is 6.36 Å². The summed E-state index contributed by atoms with van der Waals surface area (Å²) >= 11 is 0. The first-order valence-corrected chi connectivity index (χ1v) is 13.8. The first-order valence-electron chi connectivity index (χ1n) is 13.8. The molecule has 0 saturated carbocycles. The van der Waals surface area contributed by atoms with Crippen LogP contribution in [-0.4, -0.2) is 89.4 Å². The third-order valence-electron chi connectivity index (χ3n) is 7.75. The first kappa shape index (κ1) is 27.1. The largest absolute Gasteiger partial charge is 0.573 e. The summed E-state index contributed by atoms with van der Waals surface area (Å²) in [6.07, 6.45) is 2.66. The number of likely N-dealkylation sites (tertiary alicyclic amines) is 1. The first-order chi connectivity index (χ1) is 19.8. The molecule has 216 valence electrons. The number of amides is 1. The van der Waals surface area contributed by atoms with Crippen LogP contribution in [0.15, 0.2) is 55.0 Å². The smallest absolute Gasteiger partial charge is 0.493 e. The Morgan fingerprint density at radius 2 is 1.80 bits per heavy atom. The van der Waals surface area contributed by atoms with E-state index in [1.54, 1.807) is 12.4 Å². The molecular weight excluding hydrogens is 537 g/mol. The van der Waals surface area contributed by atoms with Crippen LogP contribution in [0.4, 0.5) is 18.9 Å². The average molecular weight is 569 g/mol. The lowest BCUT2D eigenvalue weighted by Gasteiger charge is -2.38. The molecule has 0 radical (unpaired) electrons.